The molecule has 3 rings (SSSR count). The van der Waals surface area contributed by atoms with E-state index in [4.69, 9.17) is 11.5 Å². The van der Waals surface area contributed by atoms with Crippen molar-refractivity contribution in [2.75, 3.05) is 19.6 Å². The van der Waals surface area contributed by atoms with E-state index in [-0.39, 0.29) is 19.4 Å². The van der Waals surface area contributed by atoms with Crippen LogP contribution in [-0.2, 0) is 30.4 Å². The Morgan fingerprint density at radius 2 is 1.86 bits per heavy atom. The van der Waals surface area contributed by atoms with Crippen molar-refractivity contribution >= 4 is 40.5 Å². The molecule has 14 nitrogen and oxygen atoms in total. The van der Waals surface area contributed by atoms with E-state index in [1.54, 1.807) is 6.20 Å². The molecule has 1 saturated heterocycles. The summed E-state index contributed by atoms with van der Waals surface area (Å²) in [5, 5.41) is 27.7. The molecule has 0 aliphatic carbocycles. The molecule has 1 aliphatic heterocycles. The maximum absolute atomic E-state index is 13.4. The van der Waals surface area contributed by atoms with Crippen molar-refractivity contribution in [3.63, 3.8) is 0 Å². The third-order valence-corrected chi connectivity index (χ3v) is 7.38. The number of carboxylic acid groups (broad SMARTS) is 1. The van der Waals surface area contributed by atoms with E-state index >= 15 is 0 Å². The first-order chi connectivity index (χ1) is 20.0. The van der Waals surface area contributed by atoms with Crippen LogP contribution < -0.4 is 27.4 Å². The number of benzene rings is 1. The number of amides is 4. The van der Waals surface area contributed by atoms with Crippen LogP contribution in [0.15, 0.2) is 30.5 Å². The van der Waals surface area contributed by atoms with Crippen LogP contribution in [0.5, 0.6) is 0 Å². The average molecular weight is 588 g/mol. The highest BCUT2D eigenvalue weighted by atomic mass is 16.4. The van der Waals surface area contributed by atoms with Crippen molar-refractivity contribution in [2.24, 2.45) is 11.5 Å². The number of hydrogen-bond donors (Lipinski definition) is 8. The Morgan fingerprint density at radius 3 is 2.55 bits per heavy atom. The van der Waals surface area contributed by atoms with Gasteiger partial charge in [-0.25, -0.2) is 4.79 Å². The summed E-state index contributed by atoms with van der Waals surface area (Å²) in [5.41, 5.74) is 12.9. The van der Waals surface area contributed by atoms with Gasteiger partial charge in [0.2, 0.25) is 23.6 Å². The number of para-hydroxylation sites is 1. The molecule has 10 N–H and O–H groups in total. The van der Waals surface area contributed by atoms with Crippen LogP contribution in [0, 0.1) is 0 Å². The topological polar surface area (TPSA) is 233 Å². The zero-order chi connectivity index (χ0) is 30.8. The summed E-state index contributed by atoms with van der Waals surface area (Å²) in [6.07, 6.45) is 2.93. The zero-order valence-electron chi connectivity index (χ0n) is 23.7. The number of likely N-dealkylation sites (tertiary alicyclic amines) is 1. The lowest BCUT2D eigenvalue weighted by atomic mass is 10.0. The van der Waals surface area contributed by atoms with Gasteiger partial charge >= 0.3 is 5.97 Å². The minimum atomic E-state index is -1.19. The molecule has 1 aliphatic rings. The molecule has 1 fully saturated rings. The van der Waals surface area contributed by atoms with E-state index in [0.29, 0.717) is 32.2 Å². The lowest BCUT2D eigenvalue weighted by Gasteiger charge is -2.29. The third-order valence-electron chi connectivity index (χ3n) is 7.38. The predicted octanol–water partition coefficient (Wildman–Crippen LogP) is -1.29. The summed E-state index contributed by atoms with van der Waals surface area (Å²) in [4.78, 5) is 68.0. The Labute approximate surface area is 243 Å². The normalized spacial score (nSPS) is 17.7. The van der Waals surface area contributed by atoms with E-state index < -0.39 is 66.4 Å². The third kappa shape index (κ3) is 8.50. The second-order valence-corrected chi connectivity index (χ2v) is 10.5. The minimum Gasteiger partial charge on any atom is -0.480 e. The van der Waals surface area contributed by atoms with Gasteiger partial charge in [-0.15, -0.1) is 0 Å². The number of carbonyl (C=O) groups excluding carboxylic acids is 4. The number of carbonyl (C=O) groups is 5. The second-order valence-electron chi connectivity index (χ2n) is 10.5. The van der Waals surface area contributed by atoms with Crippen LogP contribution in [0.1, 0.15) is 44.6 Å². The van der Waals surface area contributed by atoms with E-state index in [9.17, 15) is 34.2 Å². The van der Waals surface area contributed by atoms with Crippen molar-refractivity contribution in [1.29, 1.82) is 0 Å². The second kappa shape index (κ2) is 15.3. The fourth-order valence-corrected chi connectivity index (χ4v) is 4.98. The molecule has 0 saturated carbocycles. The maximum atomic E-state index is 13.4. The average Bonchev–Trinajstić information content (AvgIpc) is 3.62. The SMILES string of the molecule is C[C@@H](O)[C@H](N)C(=O)N1CCC[C@H]1C(=O)N[C@@H](Cc1c[nH]c2ccccc12)C(=O)NCC(=O)N[C@@H](CCCCN)C(=O)O. The highest BCUT2D eigenvalue weighted by molar-refractivity contribution is 5.95. The Morgan fingerprint density at radius 1 is 1.12 bits per heavy atom. The van der Waals surface area contributed by atoms with E-state index in [2.05, 4.69) is 20.9 Å². The number of H-pyrrole nitrogens is 1. The van der Waals surface area contributed by atoms with Crippen molar-refractivity contribution < 1.29 is 34.2 Å². The number of rotatable bonds is 15. The van der Waals surface area contributed by atoms with Crippen LogP contribution in [-0.4, -0.2) is 99.6 Å². The number of aromatic amines is 1. The number of aliphatic hydroxyl groups excluding tert-OH is 1. The number of aliphatic carboxylic acids is 1. The lowest BCUT2D eigenvalue weighted by Crippen LogP contribution is -2.57. The number of aromatic nitrogens is 1. The molecule has 4 amide bonds. The molecule has 0 spiro atoms. The molecule has 0 bridgehead atoms. The van der Waals surface area contributed by atoms with Crippen LogP contribution in [0.3, 0.4) is 0 Å². The molecule has 14 heteroatoms. The Bertz CT molecular complexity index is 1260. The molecular formula is C28H41N7O7. The van der Waals surface area contributed by atoms with Crippen molar-refractivity contribution in [3.05, 3.63) is 36.0 Å². The molecule has 2 aromatic rings. The molecule has 42 heavy (non-hydrogen) atoms. The monoisotopic (exact) mass is 587 g/mol. The van der Waals surface area contributed by atoms with Crippen LogP contribution >= 0.6 is 0 Å². The van der Waals surface area contributed by atoms with Gasteiger partial charge in [0.25, 0.3) is 0 Å². The fraction of sp³-hybridized carbons (Fsp3) is 0.536. The van der Waals surface area contributed by atoms with Crippen molar-refractivity contribution in [2.45, 2.75) is 75.7 Å². The summed E-state index contributed by atoms with van der Waals surface area (Å²) in [6, 6.07) is 3.14. The molecule has 230 valence electrons. The molecule has 5 atom stereocenters. The van der Waals surface area contributed by atoms with E-state index in [1.807, 2.05) is 24.3 Å². The van der Waals surface area contributed by atoms with Crippen molar-refractivity contribution in [1.82, 2.24) is 25.8 Å². The summed E-state index contributed by atoms with van der Waals surface area (Å²) in [6.45, 7) is 1.58. The van der Waals surface area contributed by atoms with Gasteiger partial charge in [0.1, 0.15) is 24.2 Å². The molecule has 1 aromatic heterocycles. The Kier molecular flexibility index (Phi) is 11.8. The van der Waals surface area contributed by atoms with Gasteiger partial charge in [-0.1, -0.05) is 18.2 Å². The van der Waals surface area contributed by atoms with Gasteiger partial charge in [-0.05, 0) is 57.2 Å². The highest BCUT2D eigenvalue weighted by Gasteiger charge is 2.38. The van der Waals surface area contributed by atoms with Gasteiger partial charge in [0.15, 0.2) is 0 Å². The molecule has 0 radical (unpaired) electrons. The van der Waals surface area contributed by atoms with Gasteiger partial charge in [-0.3, -0.25) is 19.2 Å². The minimum absolute atomic E-state index is 0.0773. The highest BCUT2D eigenvalue weighted by Crippen LogP contribution is 2.21. The van der Waals surface area contributed by atoms with Crippen LogP contribution in [0.25, 0.3) is 10.9 Å². The molecule has 0 unspecified atom stereocenters. The first-order valence-electron chi connectivity index (χ1n) is 14.1. The van der Waals surface area contributed by atoms with Gasteiger partial charge in [-0.2, -0.15) is 0 Å². The number of hydrogen-bond acceptors (Lipinski definition) is 8. The number of aliphatic hydroxyl groups is 1. The Hall–Kier alpha value is -4.01. The lowest BCUT2D eigenvalue weighted by molar-refractivity contribution is -0.142. The quantitative estimate of drug-likeness (QED) is 0.116. The smallest absolute Gasteiger partial charge is 0.326 e. The zero-order valence-corrected chi connectivity index (χ0v) is 23.7. The molecule has 1 aromatic carbocycles. The van der Waals surface area contributed by atoms with Gasteiger partial charge < -0.3 is 47.5 Å². The summed E-state index contributed by atoms with van der Waals surface area (Å²) in [5.74, 6) is -3.66. The fourth-order valence-electron chi connectivity index (χ4n) is 4.98. The molecular weight excluding hydrogens is 546 g/mol. The number of nitrogens with zero attached hydrogens (tertiary/aromatic N) is 1. The summed E-state index contributed by atoms with van der Waals surface area (Å²) < 4.78 is 0. The first-order valence-corrected chi connectivity index (χ1v) is 14.1. The summed E-state index contributed by atoms with van der Waals surface area (Å²) in [7, 11) is 0. The van der Waals surface area contributed by atoms with E-state index in [1.165, 1.54) is 11.8 Å². The maximum Gasteiger partial charge on any atom is 0.326 e. The number of nitrogens with two attached hydrogens (primary N) is 2. The van der Waals surface area contributed by atoms with Gasteiger partial charge in [0.05, 0.1) is 12.6 Å². The number of nitrogens with one attached hydrogen (secondary N) is 4. The number of unbranched alkanes of at least 4 members (excludes halogenated alkanes) is 1. The van der Waals surface area contributed by atoms with E-state index in [0.717, 1.165) is 16.5 Å². The van der Waals surface area contributed by atoms with Crippen molar-refractivity contribution in [3.8, 4) is 0 Å². The summed E-state index contributed by atoms with van der Waals surface area (Å²) >= 11 is 0. The first kappa shape index (κ1) is 32.5. The number of carboxylic acids is 1. The van der Waals surface area contributed by atoms with Gasteiger partial charge in [0, 0.05) is 30.1 Å². The Balaban J connectivity index is 1.72. The number of fused-ring (bicyclic) bond motifs is 1. The van der Waals surface area contributed by atoms with Crippen LogP contribution in [0.2, 0.25) is 0 Å². The van der Waals surface area contributed by atoms with Crippen LogP contribution in [0.4, 0.5) is 0 Å². The largest absolute Gasteiger partial charge is 0.480 e. The molecule has 2 heterocycles. The predicted molar refractivity (Wildman–Crippen MR) is 154 cm³/mol. The standard InChI is InChI=1S/C28H41N7O7/c1-16(36)24(30)27(40)35-12-6-10-22(35)26(39)34-21(13-17-14-31-19-8-3-2-7-18(17)19)25(38)32-15-23(37)33-20(28(41)42)9-4-5-11-29/h2-3,7-8,14,16,20-22,24,31,36H,4-6,9-13,15,29-30H2,1H3,(H,32,38)(H,33,37)(H,34,39)(H,41,42)/t16-,20+,21+,22+,24+/m1/s1.